The lowest BCUT2D eigenvalue weighted by molar-refractivity contribution is 0.0960. The Morgan fingerprint density at radius 2 is 1.80 bits per heavy atom. The van der Waals surface area contributed by atoms with Crippen molar-refractivity contribution in [3.63, 3.8) is 0 Å². The van der Waals surface area contributed by atoms with Crippen molar-refractivity contribution in [3.05, 3.63) is 16.5 Å². The Bertz CT molecular complexity index is 431. The maximum absolute atomic E-state index is 6.14. The fraction of sp³-hybridized carbons (Fsp3) is 0.733. The van der Waals surface area contributed by atoms with Gasteiger partial charge in [-0.1, -0.05) is 45.7 Å². The lowest BCUT2D eigenvalue weighted by atomic mass is 9.96. The minimum Gasteiger partial charge on any atom is -0.475 e. The smallest absolute Gasteiger partial charge is 0.221 e. The molecule has 4 nitrogen and oxygen atoms in total. The molecule has 1 aromatic rings. The van der Waals surface area contributed by atoms with Crippen LogP contribution in [0.25, 0.3) is 0 Å². The Morgan fingerprint density at radius 3 is 2.40 bits per heavy atom. The fourth-order valence-electron chi connectivity index (χ4n) is 1.49. The van der Waals surface area contributed by atoms with E-state index in [2.05, 4.69) is 16.9 Å². The van der Waals surface area contributed by atoms with Crippen LogP contribution in [-0.4, -0.2) is 29.8 Å². The maximum Gasteiger partial charge on any atom is 0.221 e. The largest absolute Gasteiger partial charge is 0.475 e. The molecule has 0 amide bonds. The molecule has 0 saturated heterocycles. The van der Waals surface area contributed by atoms with Gasteiger partial charge in [0.2, 0.25) is 5.88 Å². The predicted octanol–water partition coefficient (Wildman–Crippen LogP) is 3.93. The number of hydrogen-bond donors (Lipinski definition) is 0. The van der Waals surface area contributed by atoms with Gasteiger partial charge in [0.25, 0.3) is 0 Å². The van der Waals surface area contributed by atoms with E-state index in [0.29, 0.717) is 30.1 Å². The van der Waals surface area contributed by atoms with E-state index in [9.17, 15) is 0 Å². The molecule has 0 aliphatic carbocycles. The highest BCUT2D eigenvalue weighted by Gasteiger charge is 2.21. The van der Waals surface area contributed by atoms with Crippen molar-refractivity contribution in [2.45, 2.75) is 52.9 Å². The van der Waals surface area contributed by atoms with Crippen molar-refractivity contribution in [2.24, 2.45) is 0 Å². The van der Waals surface area contributed by atoms with Crippen LogP contribution in [0.2, 0.25) is 5.15 Å². The number of aromatic nitrogens is 2. The first-order chi connectivity index (χ1) is 9.36. The highest BCUT2D eigenvalue weighted by Crippen LogP contribution is 2.27. The van der Waals surface area contributed by atoms with Gasteiger partial charge in [0.1, 0.15) is 17.6 Å². The lowest BCUT2D eigenvalue weighted by Crippen LogP contribution is -2.18. The molecular formula is C15H25ClN2O2. The lowest BCUT2D eigenvalue weighted by Gasteiger charge is -2.19. The molecule has 1 aromatic heterocycles. The Labute approximate surface area is 126 Å². The maximum atomic E-state index is 6.14. The Balaban J connectivity index is 2.63. The monoisotopic (exact) mass is 300 g/mol. The molecule has 0 fully saturated rings. The Kier molecular flexibility index (Phi) is 6.69. The third kappa shape index (κ3) is 5.25. The average molecular weight is 301 g/mol. The van der Waals surface area contributed by atoms with Gasteiger partial charge >= 0.3 is 0 Å². The second kappa shape index (κ2) is 7.79. The average Bonchev–Trinajstić information content (AvgIpc) is 2.37. The zero-order chi connectivity index (χ0) is 15.2. The van der Waals surface area contributed by atoms with E-state index in [4.69, 9.17) is 21.1 Å². The minimum absolute atomic E-state index is 0.160. The van der Waals surface area contributed by atoms with Gasteiger partial charge in [-0.05, 0) is 13.3 Å². The summed E-state index contributed by atoms with van der Waals surface area (Å²) in [7, 11) is 0. The van der Waals surface area contributed by atoms with Gasteiger partial charge in [-0.15, -0.1) is 0 Å². The molecule has 0 N–H and O–H groups in total. The van der Waals surface area contributed by atoms with Gasteiger partial charge in [0, 0.05) is 17.6 Å². The van der Waals surface area contributed by atoms with Crippen LogP contribution in [0.1, 0.15) is 51.9 Å². The van der Waals surface area contributed by atoms with Gasteiger partial charge in [-0.25, -0.2) is 4.98 Å². The predicted molar refractivity (Wildman–Crippen MR) is 81.7 cm³/mol. The van der Waals surface area contributed by atoms with E-state index >= 15 is 0 Å². The number of rotatable bonds is 7. The topological polar surface area (TPSA) is 44.2 Å². The molecule has 1 rings (SSSR count). The van der Waals surface area contributed by atoms with E-state index in [1.54, 1.807) is 0 Å². The number of hydrogen-bond acceptors (Lipinski definition) is 4. The normalized spacial score (nSPS) is 11.7. The fourth-order valence-corrected chi connectivity index (χ4v) is 1.65. The number of nitrogens with zero attached hydrogens (tertiary/aromatic N) is 2. The van der Waals surface area contributed by atoms with Crippen LogP contribution in [0.3, 0.4) is 0 Å². The first-order valence-electron chi connectivity index (χ1n) is 7.11. The molecule has 20 heavy (non-hydrogen) atoms. The van der Waals surface area contributed by atoms with Gasteiger partial charge in [-0.2, -0.15) is 4.98 Å². The number of ether oxygens (including phenoxy) is 2. The standard InChI is InChI=1S/C15H25ClN2O2/c1-6-7-8-19-9-10-20-13-11(2)12(16)17-14(18-13)15(3,4)5/h6-10H2,1-5H3. The van der Waals surface area contributed by atoms with Gasteiger partial charge in [0.05, 0.1) is 6.61 Å². The molecule has 0 spiro atoms. The first kappa shape index (κ1) is 17.2. The molecule has 0 aliphatic rings. The summed E-state index contributed by atoms with van der Waals surface area (Å²) < 4.78 is 11.1. The zero-order valence-corrected chi connectivity index (χ0v) is 13.9. The first-order valence-corrected chi connectivity index (χ1v) is 7.49. The van der Waals surface area contributed by atoms with Gasteiger partial charge < -0.3 is 9.47 Å². The van der Waals surface area contributed by atoms with E-state index in [1.165, 1.54) is 0 Å². The van der Waals surface area contributed by atoms with Crippen LogP contribution in [0.15, 0.2) is 0 Å². The van der Waals surface area contributed by atoms with Crippen LogP contribution in [0.5, 0.6) is 5.88 Å². The Hall–Kier alpha value is -0.870. The van der Waals surface area contributed by atoms with Crippen LogP contribution < -0.4 is 4.74 Å². The van der Waals surface area contributed by atoms with Crippen molar-refractivity contribution >= 4 is 11.6 Å². The second-order valence-electron chi connectivity index (χ2n) is 5.83. The van der Waals surface area contributed by atoms with Crippen LogP contribution in [0.4, 0.5) is 0 Å². The second-order valence-corrected chi connectivity index (χ2v) is 6.19. The summed E-state index contributed by atoms with van der Waals surface area (Å²) in [6, 6.07) is 0. The quantitative estimate of drug-likeness (QED) is 0.565. The highest BCUT2D eigenvalue weighted by atomic mass is 35.5. The van der Waals surface area contributed by atoms with Crippen molar-refractivity contribution in [3.8, 4) is 5.88 Å². The summed E-state index contributed by atoms with van der Waals surface area (Å²) in [5.41, 5.74) is 0.612. The van der Waals surface area contributed by atoms with E-state index < -0.39 is 0 Å². The molecule has 0 aromatic carbocycles. The van der Waals surface area contributed by atoms with Gasteiger partial charge in [-0.3, -0.25) is 0 Å². The number of unbranched alkanes of at least 4 members (excludes halogenated alkanes) is 1. The molecule has 0 atom stereocenters. The molecule has 1 heterocycles. The SMILES string of the molecule is CCCCOCCOc1nc(C(C)(C)C)nc(Cl)c1C. The summed E-state index contributed by atoms with van der Waals surface area (Å²) in [5, 5.41) is 0.451. The van der Waals surface area contributed by atoms with E-state index in [-0.39, 0.29) is 5.41 Å². The summed E-state index contributed by atoms with van der Waals surface area (Å²) in [6.07, 6.45) is 2.21. The zero-order valence-electron chi connectivity index (χ0n) is 13.1. The summed E-state index contributed by atoms with van der Waals surface area (Å²) >= 11 is 6.14. The molecule has 0 radical (unpaired) electrons. The van der Waals surface area contributed by atoms with E-state index in [1.807, 2.05) is 27.7 Å². The van der Waals surface area contributed by atoms with Crippen molar-refractivity contribution in [1.29, 1.82) is 0 Å². The third-order valence-corrected chi connectivity index (χ3v) is 3.19. The molecular weight excluding hydrogens is 276 g/mol. The van der Waals surface area contributed by atoms with Crippen molar-refractivity contribution in [1.82, 2.24) is 9.97 Å². The summed E-state index contributed by atoms with van der Waals surface area (Å²) in [6.45, 7) is 12.0. The van der Waals surface area contributed by atoms with Crippen LogP contribution in [-0.2, 0) is 10.2 Å². The summed E-state index contributed by atoms with van der Waals surface area (Å²) in [4.78, 5) is 8.78. The number of halogens is 1. The van der Waals surface area contributed by atoms with Crippen molar-refractivity contribution in [2.75, 3.05) is 19.8 Å². The molecule has 114 valence electrons. The van der Waals surface area contributed by atoms with Gasteiger partial charge in [0.15, 0.2) is 0 Å². The van der Waals surface area contributed by atoms with Crippen molar-refractivity contribution < 1.29 is 9.47 Å². The van der Waals surface area contributed by atoms with Crippen LogP contribution >= 0.6 is 11.6 Å². The summed E-state index contributed by atoms with van der Waals surface area (Å²) in [5.74, 6) is 1.24. The molecule has 5 heteroatoms. The minimum atomic E-state index is -0.160. The molecule has 0 saturated carbocycles. The molecule has 0 unspecified atom stereocenters. The van der Waals surface area contributed by atoms with Crippen LogP contribution in [0, 0.1) is 6.92 Å². The third-order valence-electron chi connectivity index (χ3n) is 2.82. The van der Waals surface area contributed by atoms with E-state index in [0.717, 1.165) is 25.0 Å². The highest BCUT2D eigenvalue weighted by molar-refractivity contribution is 6.30. The Morgan fingerprint density at radius 1 is 1.10 bits per heavy atom. The molecule has 0 bridgehead atoms. The molecule has 0 aliphatic heterocycles.